The van der Waals surface area contributed by atoms with Gasteiger partial charge in [-0.3, -0.25) is 4.79 Å². The van der Waals surface area contributed by atoms with E-state index in [-0.39, 0.29) is 5.75 Å². The van der Waals surface area contributed by atoms with E-state index in [0.717, 1.165) is 0 Å². The van der Waals surface area contributed by atoms with Gasteiger partial charge in [-0.05, 0) is 26.0 Å². The average Bonchev–Trinajstić information content (AvgIpc) is 2.40. The van der Waals surface area contributed by atoms with Crippen LogP contribution in [-0.2, 0) is 14.6 Å². The molecule has 1 atom stereocenters. The molecule has 0 heterocycles. The van der Waals surface area contributed by atoms with Gasteiger partial charge in [-0.25, -0.2) is 8.42 Å². The van der Waals surface area contributed by atoms with Gasteiger partial charge in [0.25, 0.3) is 0 Å². The maximum atomic E-state index is 12.0. The monoisotopic (exact) mass is 297 g/mol. The lowest BCUT2D eigenvalue weighted by Gasteiger charge is -2.14. The fourth-order valence-corrected chi connectivity index (χ4v) is 2.56. The molecule has 6 heteroatoms. The van der Waals surface area contributed by atoms with Crippen LogP contribution in [-0.4, -0.2) is 31.9 Å². The quantitative estimate of drug-likeness (QED) is 0.781. The number of nitrogens with one attached hydrogen (secondary N) is 1. The standard InChI is InChI=1S/C14H19NO4S/c1-4-10-20(17,18)11(3)14(16)15-12-8-6-7-9-13(12)19-5-2/h4,6-9,11H,1,5,10H2,2-3H3,(H,15,16). The van der Waals surface area contributed by atoms with Crippen molar-refractivity contribution in [2.24, 2.45) is 0 Å². The molecule has 0 aromatic heterocycles. The Bertz CT molecular complexity index is 581. The summed E-state index contributed by atoms with van der Waals surface area (Å²) < 4.78 is 29.0. The van der Waals surface area contributed by atoms with Gasteiger partial charge in [0.05, 0.1) is 18.0 Å². The van der Waals surface area contributed by atoms with Crippen LogP contribution in [0.15, 0.2) is 36.9 Å². The molecule has 0 aliphatic carbocycles. The van der Waals surface area contributed by atoms with Gasteiger partial charge in [-0.15, -0.1) is 6.58 Å². The minimum Gasteiger partial charge on any atom is -0.492 e. The summed E-state index contributed by atoms with van der Waals surface area (Å²) in [5.41, 5.74) is 0.458. The van der Waals surface area contributed by atoms with Gasteiger partial charge in [-0.2, -0.15) is 0 Å². The van der Waals surface area contributed by atoms with Gasteiger partial charge in [0.15, 0.2) is 9.84 Å². The number of para-hydroxylation sites is 2. The van der Waals surface area contributed by atoms with E-state index in [1.807, 2.05) is 6.92 Å². The summed E-state index contributed by atoms with van der Waals surface area (Å²) in [4.78, 5) is 12.0. The number of carbonyl (C=O) groups is 1. The van der Waals surface area contributed by atoms with Crippen molar-refractivity contribution in [1.29, 1.82) is 0 Å². The predicted octanol–water partition coefficient (Wildman–Crippen LogP) is 2.01. The lowest BCUT2D eigenvalue weighted by molar-refractivity contribution is -0.115. The molecular formula is C14H19NO4S. The number of carbonyl (C=O) groups excluding carboxylic acids is 1. The van der Waals surface area contributed by atoms with Crippen molar-refractivity contribution in [3.8, 4) is 5.75 Å². The first-order valence-corrected chi connectivity index (χ1v) is 7.99. The third kappa shape index (κ3) is 4.09. The highest BCUT2D eigenvalue weighted by Crippen LogP contribution is 2.24. The summed E-state index contributed by atoms with van der Waals surface area (Å²) in [7, 11) is -3.53. The Morgan fingerprint density at radius 2 is 2.10 bits per heavy atom. The van der Waals surface area contributed by atoms with Crippen LogP contribution in [0, 0.1) is 0 Å². The van der Waals surface area contributed by atoms with Crippen LogP contribution < -0.4 is 10.1 Å². The summed E-state index contributed by atoms with van der Waals surface area (Å²) in [5, 5.41) is 1.44. The molecule has 1 amide bonds. The Balaban J connectivity index is 2.88. The highest BCUT2D eigenvalue weighted by atomic mass is 32.2. The summed E-state index contributed by atoms with van der Waals surface area (Å²) in [6, 6.07) is 6.89. The van der Waals surface area contributed by atoms with E-state index in [1.165, 1.54) is 13.0 Å². The molecule has 1 rings (SSSR count). The molecule has 0 aliphatic rings. The molecule has 0 fully saturated rings. The molecule has 1 N–H and O–H groups in total. The van der Waals surface area contributed by atoms with E-state index in [1.54, 1.807) is 24.3 Å². The maximum Gasteiger partial charge on any atom is 0.242 e. The lowest BCUT2D eigenvalue weighted by Crippen LogP contribution is -2.33. The summed E-state index contributed by atoms with van der Waals surface area (Å²) in [6.07, 6.45) is 1.27. The minimum absolute atomic E-state index is 0.227. The SMILES string of the molecule is C=CCS(=O)(=O)C(C)C(=O)Nc1ccccc1OCC. The molecule has 1 unspecified atom stereocenters. The van der Waals surface area contributed by atoms with E-state index < -0.39 is 21.0 Å². The Morgan fingerprint density at radius 3 is 2.70 bits per heavy atom. The van der Waals surface area contributed by atoms with Gasteiger partial charge in [-0.1, -0.05) is 18.2 Å². The first-order chi connectivity index (χ1) is 9.42. The van der Waals surface area contributed by atoms with E-state index >= 15 is 0 Å². The van der Waals surface area contributed by atoms with Gasteiger partial charge in [0.2, 0.25) is 5.91 Å². The second-order valence-corrected chi connectivity index (χ2v) is 6.55. The fraction of sp³-hybridized carbons (Fsp3) is 0.357. The number of ether oxygens (including phenoxy) is 1. The lowest BCUT2D eigenvalue weighted by atomic mass is 10.3. The fourth-order valence-electron chi connectivity index (χ4n) is 1.56. The molecule has 0 spiro atoms. The van der Waals surface area contributed by atoms with E-state index in [9.17, 15) is 13.2 Å². The Labute approximate surface area is 119 Å². The van der Waals surface area contributed by atoms with Gasteiger partial charge >= 0.3 is 0 Å². The van der Waals surface area contributed by atoms with Crippen LogP contribution in [0.25, 0.3) is 0 Å². The van der Waals surface area contributed by atoms with Crippen LogP contribution in [0.4, 0.5) is 5.69 Å². The smallest absolute Gasteiger partial charge is 0.242 e. The number of sulfone groups is 1. The molecular weight excluding hydrogens is 278 g/mol. The largest absolute Gasteiger partial charge is 0.492 e. The van der Waals surface area contributed by atoms with E-state index in [0.29, 0.717) is 18.0 Å². The number of benzene rings is 1. The highest BCUT2D eigenvalue weighted by molar-refractivity contribution is 7.92. The zero-order valence-electron chi connectivity index (χ0n) is 11.6. The van der Waals surface area contributed by atoms with Crippen LogP contribution in [0.3, 0.4) is 0 Å². The third-order valence-electron chi connectivity index (χ3n) is 2.70. The Hall–Kier alpha value is -1.82. The highest BCUT2D eigenvalue weighted by Gasteiger charge is 2.27. The number of hydrogen-bond donors (Lipinski definition) is 1. The first kappa shape index (κ1) is 16.2. The van der Waals surface area contributed by atoms with Crippen molar-refractivity contribution < 1.29 is 17.9 Å². The van der Waals surface area contributed by atoms with Crippen molar-refractivity contribution in [3.05, 3.63) is 36.9 Å². The number of hydrogen-bond acceptors (Lipinski definition) is 4. The molecule has 0 saturated carbocycles. The molecule has 5 nitrogen and oxygen atoms in total. The molecule has 0 radical (unpaired) electrons. The van der Waals surface area contributed by atoms with Gasteiger partial charge in [0.1, 0.15) is 11.0 Å². The molecule has 110 valence electrons. The summed E-state index contributed by atoms with van der Waals surface area (Å²) in [5.74, 6) is -0.301. The molecule has 1 aromatic rings. The second kappa shape index (κ2) is 7.09. The van der Waals surface area contributed by atoms with Crippen molar-refractivity contribution in [3.63, 3.8) is 0 Å². The number of amides is 1. The normalized spacial score (nSPS) is 12.5. The first-order valence-electron chi connectivity index (χ1n) is 6.27. The van der Waals surface area contributed by atoms with Crippen molar-refractivity contribution in [2.45, 2.75) is 19.1 Å². The number of anilines is 1. The van der Waals surface area contributed by atoms with Crippen molar-refractivity contribution in [2.75, 3.05) is 17.7 Å². The Kier molecular flexibility index (Phi) is 5.76. The average molecular weight is 297 g/mol. The molecule has 0 aliphatic heterocycles. The topological polar surface area (TPSA) is 72.5 Å². The van der Waals surface area contributed by atoms with Gasteiger partial charge < -0.3 is 10.1 Å². The van der Waals surface area contributed by atoms with Crippen LogP contribution >= 0.6 is 0 Å². The predicted molar refractivity (Wildman–Crippen MR) is 79.7 cm³/mol. The minimum atomic E-state index is -3.53. The van der Waals surface area contributed by atoms with Crippen molar-refractivity contribution in [1.82, 2.24) is 0 Å². The molecule has 1 aromatic carbocycles. The maximum absolute atomic E-state index is 12.0. The number of rotatable bonds is 7. The third-order valence-corrected chi connectivity index (χ3v) is 4.69. The van der Waals surface area contributed by atoms with Crippen LogP contribution in [0.2, 0.25) is 0 Å². The molecule has 20 heavy (non-hydrogen) atoms. The molecule has 0 saturated heterocycles. The van der Waals surface area contributed by atoms with Gasteiger partial charge in [0, 0.05) is 0 Å². The zero-order valence-corrected chi connectivity index (χ0v) is 12.4. The second-order valence-electron chi connectivity index (χ2n) is 4.18. The summed E-state index contributed by atoms with van der Waals surface area (Å²) in [6.45, 7) is 7.02. The summed E-state index contributed by atoms with van der Waals surface area (Å²) >= 11 is 0. The van der Waals surface area contributed by atoms with Crippen LogP contribution in [0.1, 0.15) is 13.8 Å². The molecule has 0 bridgehead atoms. The van der Waals surface area contributed by atoms with Crippen molar-refractivity contribution >= 4 is 21.4 Å². The van der Waals surface area contributed by atoms with E-state index in [4.69, 9.17) is 4.74 Å². The zero-order chi connectivity index (χ0) is 15.2. The van der Waals surface area contributed by atoms with Crippen LogP contribution in [0.5, 0.6) is 5.75 Å². The van der Waals surface area contributed by atoms with E-state index in [2.05, 4.69) is 11.9 Å². The Morgan fingerprint density at radius 1 is 1.45 bits per heavy atom.